The Labute approximate surface area is 165 Å². The predicted octanol–water partition coefficient (Wildman–Crippen LogP) is 1.96. The molecule has 0 aromatic carbocycles. The molecule has 0 bridgehead atoms. The molecular formula is C10H33O9P3S3. The highest BCUT2D eigenvalue weighted by molar-refractivity contribution is 8.06. The smallest absolute Gasteiger partial charge is 0.319 e. The molecule has 160 valence electrons. The fraction of sp³-hybridized carbons (Fsp3) is 1.00. The van der Waals surface area contributed by atoms with E-state index in [2.05, 4.69) is 63.1 Å². The van der Waals surface area contributed by atoms with Crippen molar-refractivity contribution in [1.29, 1.82) is 0 Å². The van der Waals surface area contributed by atoms with Gasteiger partial charge in [0.1, 0.15) is 0 Å². The van der Waals surface area contributed by atoms with Crippen molar-refractivity contribution in [3.8, 4) is 0 Å². The van der Waals surface area contributed by atoms with Crippen LogP contribution in [0.2, 0.25) is 0 Å². The van der Waals surface area contributed by atoms with Crippen molar-refractivity contribution in [1.82, 2.24) is 0 Å². The standard InChI is InChI=1S/2C5H12.3H3O3PS/c2*1-3-5-4-2;3*1-4(2,3)5/h2*3-5H2,1-2H3;3*(H3,1,2,3,5). The van der Waals surface area contributed by atoms with Crippen molar-refractivity contribution in [2.24, 2.45) is 0 Å². The second-order valence-electron chi connectivity index (χ2n) is 4.25. The minimum atomic E-state index is -3.81. The summed E-state index contributed by atoms with van der Waals surface area (Å²) in [6.07, 6.45) is 8.15. The van der Waals surface area contributed by atoms with Gasteiger partial charge in [-0.05, 0) is 35.4 Å². The van der Waals surface area contributed by atoms with Crippen molar-refractivity contribution < 1.29 is 44.0 Å². The maximum Gasteiger partial charge on any atom is 0.319 e. The van der Waals surface area contributed by atoms with E-state index in [4.69, 9.17) is 44.0 Å². The minimum Gasteiger partial charge on any atom is -0.325 e. The van der Waals surface area contributed by atoms with Gasteiger partial charge in [-0.15, -0.1) is 0 Å². The molecule has 0 aliphatic carbocycles. The summed E-state index contributed by atoms with van der Waals surface area (Å²) in [4.78, 5) is 68.0. The summed E-state index contributed by atoms with van der Waals surface area (Å²) in [6, 6.07) is 0. The van der Waals surface area contributed by atoms with Gasteiger partial charge >= 0.3 is 20.2 Å². The molecule has 0 radical (unpaired) electrons. The lowest BCUT2D eigenvalue weighted by Gasteiger charge is -1.88. The predicted molar refractivity (Wildman–Crippen MR) is 113 cm³/mol. The third kappa shape index (κ3) is 456. The van der Waals surface area contributed by atoms with Crippen LogP contribution >= 0.6 is 20.2 Å². The normalized spacial score (nSPS) is 10.4. The van der Waals surface area contributed by atoms with Crippen molar-refractivity contribution in [2.75, 3.05) is 0 Å². The van der Waals surface area contributed by atoms with Gasteiger partial charge in [-0.25, -0.2) is 0 Å². The molecule has 0 heterocycles. The van der Waals surface area contributed by atoms with Gasteiger partial charge in [0.25, 0.3) is 0 Å². The van der Waals surface area contributed by atoms with Crippen LogP contribution in [0.25, 0.3) is 0 Å². The van der Waals surface area contributed by atoms with Crippen molar-refractivity contribution >= 4 is 55.6 Å². The molecule has 9 N–H and O–H groups in total. The Hall–Kier alpha value is 1.59. The highest BCUT2D eigenvalue weighted by atomic mass is 32.5. The van der Waals surface area contributed by atoms with E-state index in [1.165, 1.54) is 38.5 Å². The lowest BCUT2D eigenvalue weighted by molar-refractivity contribution is 0.361. The topological polar surface area (TPSA) is 182 Å². The highest BCUT2D eigenvalue weighted by Gasteiger charge is 1.93. The zero-order valence-electron chi connectivity index (χ0n) is 14.8. The summed E-state index contributed by atoms with van der Waals surface area (Å²) in [5, 5.41) is 0. The van der Waals surface area contributed by atoms with Gasteiger partial charge in [-0.1, -0.05) is 66.2 Å². The number of rotatable bonds is 4. The minimum absolute atomic E-state index is 1.34. The summed E-state index contributed by atoms with van der Waals surface area (Å²) >= 11 is 10.8. The molecule has 9 nitrogen and oxygen atoms in total. The van der Waals surface area contributed by atoms with Crippen LogP contribution in [0.4, 0.5) is 0 Å². The fourth-order valence-electron chi connectivity index (χ4n) is 0.707. The highest BCUT2D eigenvalue weighted by Crippen LogP contribution is 2.27. The SMILES string of the molecule is CCCCC.CCCCC.OP(O)(O)=S.OP(O)(O)=S.OP(O)(O)=S. The first-order valence-electron chi connectivity index (χ1n) is 7.18. The molecule has 0 aromatic heterocycles. The van der Waals surface area contributed by atoms with Crippen LogP contribution in [0, 0.1) is 0 Å². The van der Waals surface area contributed by atoms with Crippen molar-refractivity contribution in [3.05, 3.63) is 0 Å². The lowest BCUT2D eigenvalue weighted by Crippen LogP contribution is -1.65. The Kier molecular flexibility index (Phi) is 35.3. The van der Waals surface area contributed by atoms with Crippen LogP contribution < -0.4 is 0 Å². The van der Waals surface area contributed by atoms with Gasteiger partial charge in [0.2, 0.25) is 0 Å². The van der Waals surface area contributed by atoms with E-state index in [0.717, 1.165) is 0 Å². The molecule has 0 saturated carbocycles. The molecule has 0 aliphatic heterocycles. The summed E-state index contributed by atoms with van der Waals surface area (Å²) in [6.45, 7) is -2.57. The van der Waals surface area contributed by atoms with Crippen LogP contribution in [0.5, 0.6) is 0 Å². The van der Waals surface area contributed by atoms with Crippen LogP contribution in [-0.4, -0.2) is 44.0 Å². The second kappa shape index (κ2) is 23.6. The maximum absolute atomic E-state index is 7.56. The van der Waals surface area contributed by atoms with E-state index in [-0.39, 0.29) is 0 Å². The quantitative estimate of drug-likeness (QED) is 0.264. The first-order chi connectivity index (χ1) is 10.8. The number of unbranched alkanes of at least 4 members (excludes halogenated alkanes) is 4. The lowest BCUT2D eigenvalue weighted by atomic mass is 10.3. The van der Waals surface area contributed by atoms with E-state index >= 15 is 0 Å². The first-order valence-corrected chi connectivity index (χ1v) is 15.2. The number of hydrogen-bond donors (Lipinski definition) is 9. The number of hydrogen-bond acceptors (Lipinski definition) is 3. The summed E-state index contributed by atoms with van der Waals surface area (Å²) in [5.74, 6) is 0. The van der Waals surface area contributed by atoms with Crippen LogP contribution in [0.1, 0.15) is 66.2 Å². The van der Waals surface area contributed by atoms with Gasteiger partial charge in [0.05, 0.1) is 0 Å². The Balaban J connectivity index is -0.0000000667. The molecular weight excluding hydrogens is 453 g/mol. The zero-order chi connectivity index (χ0) is 21.7. The van der Waals surface area contributed by atoms with Crippen molar-refractivity contribution in [2.45, 2.75) is 66.2 Å². The molecule has 0 amide bonds. The molecule has 0 rings (SSSR count). The van der Waals surface area contributed by atoms with Crippen LogP contribution in [0.15, 0.2) is 0 Å². The van der Waals surface area contributed by atoms with E-state index < -0.39 is 20.2 Å². The third-order valence-corrected chi connectivity index (χ3v) is 1.41. The molecule has 0 unspecified atom stereocenters. The van der Waals surface area contributed by atoms with E-state index in [0.29, 0.717) is 0 Å². The van der Waals surface area contributed by atoms with E-state index in [1.54, 1.807) is 0 Å². The average Bonchev–Trinajstić information content (AvgIpc) is 2.25. The van der Waals surface area contributed by atoms with Crippen LogP contribution in [-0.2, 0) is 35.4 Å². The summed E-state index contributed by atoms with van der Waals surface area (Å²) in [5.41, 5.74) is 0. The van der Waals surface area contributed by atoms with Crippen molar-refractivity contribution in [3.63, 3.8) is 0 Å². The Morgan fingerprint density at radius 2 is 0.520 bits per heavy atom. The van der Waals surface area contributed by atoms with Gasteiger partial charge in [-0.2, -0.15) is 0 Å². The molecule has 25 heavy (non-hydrogen) atoms. The third-order valence-electron chi connectivity index (χ3n) is 1.41. The molecule has 0 spiro atoms. The maximum atomic E-state index is 7.56. The van der Waals surface area contributed by atoms with Gasteiger partial charge < -0.3 is 44.0 Å². The Morgan fingerprint density at radius 1 is 0.440 bits per heavy atom. The Morgan fingerprint density at radius 3 is 0.520 bits per heavy atom. The average molecular weight is 486 g/mol. The molecule has 0 aliphatic rings. The molecule has 0 saturated heterocycles. The molecule has 15 heteroatoms. The van der Waals surface area contributed by atoms with Gasteiger partial charge in [0.15, 0.2) is 0 Å². The monoisotopic (exact) mass is 486 g/mol. The van der Waals surface area contributed by atoms with Gasteiger partial charge in [0, 0.05) is 0 Å². The molecule has 0 aromatic rings. The first kappa shape index (κ1) is 37.4. The fourth-order valence-corrected chi connectivity index (χ4v) is 0.707. The summed E-state index contributed by atoms with van der Waals surface area (Å²) in [7, 11) is 0. The second-order valence-corrected chi connectivity index (χ2v) is 11.7. The summed E-state index contributed by atoms with van der Waals surface area (Å²) < 4.78 is 0. The zero-order valence-corrected chi connectivity index (χ0v) is 20.0. The molecule has 0 fully saturated rings. The van der Waals surface area contributed by atoms with Gasteiger partial charge in [-0.3, -0.25) is 0 Å². The van der Waals surface area contributed by atoms with Crippen LogP contribution in [0.3, 0.4) is 0 Å². The largest absolute Gasteiger partial charge is 0.325 e. The van der Waals surface area contributed by atoms with E-state index in [1.807, 2.05) is 0 Å². The van der Waals surface area contributed by atoms with E-state index in [9.17, 15) is 0 Å². The molecule has 0 atom stereocenters. The Bertz CT molecular complexity index is 299.